The number of para-hydroxylation sites is 1. The largest absolute Gasteiger partial charge is 1.00 e. The van der Waals surface area contributed by atoms with E-state index < -0.39 is 17.8 Å². The summed E-state index contributed by atoms with van der Waals surface area (Å²) in [6.07, 6.45) is 0.648. The van der Waals surface area contributed by atoms with Crippen molar-refractivity contribution in [1.29, 1.82) is 0 Å². The Kier molecular flexibility index (Phi) is 6.91. The van der Waals surface area contributed by atoms with Crippen LogP contribution in [0.5, 0.6) is 0 Å². The van der Waals surface area contributed by atoms with Gasteiger partial charge in [0.15, 0.2) is 0 Å². The molecule has 1 N–H and O–H groups in total. The number of alkyl halides is 3. The van der Waals surface area contributed by atoms with Crippen molar-refractivity contribution in [2.45, 2.75) is 37.7 Å². The van der Waals surface area contributed by atoms with E-state index in [4.69, 9.17) is 0 Å². The molecular weight excluding hydrogens is 505 g/mol. The summed E-state index contributed by atoms with van der Waals surface area (Å²) in [5.74, 6) is 0.827. The maximum atomic E-state index is 13.1. The molecule has 3 fully saturated rings. The van der Waals surface area contributed by atoms with Gasteiger partial charge < -0.3 is 26.6 Å². The molecule has 5 atom stereocenters. The predicted molar refractivity (Wildman–Crippen MR) is 122 cm³/mol. The smallest absolute Gasteiger partial charge is 0.416 e. The Morgan fingerprint density at radius 3 is 2.56 bits per heavy atom. The summed E-state index contributed by atoms with van der Waals surface area (Å²) in [5.41, 5.74) is 1.96. The minimum atomic E-state index is -4.34. The first-order chi connectivity index (χ1) is 15.8. The number of benzene rings is 2. The zero-order chi connectivity index (χ0) is 23.2. The minimum Gasteiger partial charge on any atom is -1.00 e. The molecule has 1 aromatic heterocycles. The number of pyridine rings is 1. The third-order valence-electron chi connectivity index (χ3n) is 7.82. The first-order valence-corrected chi connectivity index (χ1v) is 11.5. The lowest BCUT2D eigenvalue weighted by Crippen LogP contribution is -3.00. The van der Waals surface area contributed by atoms with Gasteiger partial charge in [0.25, 0.3) is 0 Å². The van der Waals surface area contributed by atoms with Crippen LogP contribution in [0.2, 0.25) is 0 Å². The number of halogens is 4. The van der Waals surface area contributed by atoms with Crippen molar-refractivity contribution >= 4 is 10.9 Å². The highest BCUT2D eigenvalue weighted by molar-refractivity contribution is 5.82. The van der Waals surface area contributed by atoms with Gasteiger partial charge in [-0.2, -0.15) is 13.2 Å². The number of aliphatic hydroxyl groups is 1. The summed E-state index contributed by atoms with van der Waals surface area (Å²) in [5, 5.41) is 12.6. The van der Waals surface area contributed by atoms with Gasteiger partial charge in [-0.3, -0.25) is 4.98 Å². The average molecular weight is 533 g/mol. The van der Waals surface area contributed by atoms with Crippen LogP contribution < -0.4 is 17.0 Å². The Balaban J connectivity index is 0.00000274. The zero-order valence-corrected chi connectivity index (χ0v) is 20.3. The van der Waals surface area contributed by atoms with Crippen LogP contribution in [0.3, 0.4) is 0 Å². The lowest BCUT2D eigenvalue weighted by atomic mass is 9.71. The number of hydrogen-bond donors (Lipinski definition) is 1. The lowest BCUT2D eigenvalue weighted by Gasteiger charge is -2.58. The van der Waals surface area contributed by atoms with E-state index in [1.165, 1.54) is 0 Å². The molecule has 34 heavy (non-hydrogen) atoms. The fourth-order valence-corrected chi connectivity index (χ4v) is 6.13. The van der Waals surface area contributed by atoms with E-state index in [9.17, 15) is 18.3 Å². The van der Waals surface area contributed by atoms with E-state index in [2.05, 4.69) is 11.6 Å². The minimum absolute atomic E-state index is 0. The molecule has 6 rings (SSSR count). The van der Waals surface area contributed by atoms with Crippen molar-refractivity contribution in [2.24, 2.45) is 11.8 Å². The van der Waals surface area contributed by atoms with Gasteiger partial charge >= 0.3 is 6.18 Å². The molecule has 0 amide bonds. The molecule has 4 heterocycles. The highest BCUT2D eigenvalue weighted by atomic mass is 79.9. The zero-order valence-electron chi connectivity index (χ0n) is 18.8. The van der Waals surface area contributed by atoms with Crippen LogP contribution in [-0.4, -0.2) is 33.7 Å². The van der Waals surface area contributed by atoms with E-state index in [0.717, 1.165) is 60.1 Å². The standard InChI is InChI=1S/C27H28F3N2O.BrH/c1-2-19-17-32(16-18-7-9-21(10-8-18)27(28,29)30)14-12-20(19)15-25(32)26(33)23-11-13-31-24-6-4-3-5-22(23)24;/h2-11,13,19-20,25-26,33H,1,12,14-17H2;1H/q+1;/p-1/t19-,20-,25-,26+,32+;/m0./s1. The van der Waals surface area contributed by atoms with Crippen LogP contribution in [0, 0.1) is 11.8 Å². The highest BCUT2D eigenvalue weighted by Gasteiger charge is 2.54. The van der Waals surface area contributed by atoms with Gasteiger partial charge in [-0.05, 0) is 35.7 Å². The Morgan fingerprint density at radius 2 is 1.85 bits per heavy atom. The van der Waals surface area contributed by atoms with Gasteiger partial charge in [0, 0.05) is 35.9 Å². The molecule has 3 aromatic rings. The van der Waals surface area contributed by atoms with Gasteiger partial charge in [-0.25, -0.2) is 0 Å². The molecule has 3 aliphatic heterocycles. The normalized spacial score (nSPS) is 27.2. The number of rotatable bonds is 5. The van der Waals surface area contributed by atoms with Crippen molar-refractivity contribution in [1.82, 2.24) is 4.98 Å². The van der Waals surface area contributed by atoms with E-state index in [-0.39, 0.29) is 23.0 Å². The molecule has 7 heteroatoms. The summed E-state index contributed by atoms with van der Waals surface area (Å²) < 4.78 is 39.8. The van der Waals surface area contributed by atoms with Crippen molar-refractivity contribution in [3.8, 4) is 0 Å². The molecule has 0 unspecified atom stereocenters. The predicted octanol–water partition coefficient (Wildman–Crippen LogP) is 2.90. The van der Waals surface area contributed by atoms with Crippen molar-refractivity contribution in [3.63, 3.8) is 0 Å². The second-order valence-electron chi connectivity index (χ2n) is 9.59. The van der Waals surface area contributed by atoms with Gasteiger partial charge in [-0.1, -0.05) is 36.4 Å². The van der Waals surface area contributed by atoms with E-state index in [1.807, 2.05) is 36.4 Å². The first kappa shape index (κ1) is 24.9. The van der Waals surface area contributed by atoms with Gasteiger partial charge in [-0.15, -0.1) is 6.58 Å². The summed E-state index contributed by atoms with van der Waals surface area (Å²) >= 11 is 0. The molecule has 180 valence electrons. The summed E-state index contributed by atoms with van der Waals surface area (Å²) in [6.45, 7) is 6.39. The fraction of sp³-hybridized carbons (Fsp3) is 0.370. The number of quaternary nitrogens is 1. The van der Waals surface area contributed by atoms with Crippen LogP contribution in [0.15, 0.2) is 73.4 Å². The quantitative estimate of drug-likeness (QED) is 0.405. The molecule has 0 spiro atoms. The summed E-state index contributed by atoms with van der Waals surface area (Å²) in [4.78, 5) is 4.43. The Bertz CT molecular complexity index is 1160. The number of fused-ring (bicyclic) bond motifs is 4. The third kappa shape index (κ3) is 4.41. The van der Waals surface area contributed by atoms with Crippen LogP contribution in [0.1, 0.15) is 35.6 Å². The number of piperidine rings is 3. The van der Waals surface area contributed by atoms with Gasteiger partial charge in [0.05, 0.1) is 24.2 Å². The highest BCUT2D eigenvalue weighted by Crippen LogP contribution is 2.48. The maximum absolute atomic E-state index is 13.1. The fourth-order valence-electron chi connectivity index (χ4n) is 6.13. The SMILES string of the molecule is C=C[C@H]1C[N@+]2(Cc3ccc(C(F)(F)F)cc3)CC[C@H]1C[C@H]2[C@H](O)c1ccnc2ccccc12.[Br-]. The monoisotopic (exact) mass is 532 g/mol. The van der Waals surface area contributed by atoms with Crippen molar-refractivity contribution < 1.29 is 39.7 Å². The molecule has 2 bridgehead atoms. The van der Waals surface area contributed by atoms with Gasteiger partial charge in [0.1, 0.15) is 18.7 Å². The average Bonchev–Trinajstić information content (AvgIpc) is 2.83. The number of aliphatic hydroxyl groups excluding tert-OH is 1. The molecule has 0 radical (unpaired) electrons. The Morgan fingerprint density at radius 1 is 1.12 bits per heavy atom. The second kappa shape index (κ2) is 9.44. The van der Waals surface area contributed by atoms with Crippen LogP contribution >= 0.6 is 0 Å². The second-order valence-corrected chi connectivity index (χ2v) is 9.59. The molecule has 2 aromatic carbocycles. The van der Waals surface area contributed by atoms with Crippen LogP contribution in [0.4, 0.5) is 13.2 Å². The van der Waals surface area contributed by atoms with Gasteiger partial charge in [0.2, 0.25) is 0 Å². The van der Waals surface area contributed by atoms with E-state index in [0.29, 0.717) is 22.9 Å². The molecular formula is C27H28BrF3N2O. The maximum Gasteiger partial charge on any atom is 0.416 e. The topological polar surface area (TPSA) is 33.1 Å². The van der Waals surface area contributed by atoms with Crippen LogP contribution in [-0.2, 0) is 12.7 Å². The Labute approximate surface area is 208 Å². The number of hydrogen-bond acceptors (Lipinski definition) is 2. The van der Waals surface area contributed by atoms with E-state index in [1.54, 1.807) is 18.3 Å². The molecule has 0 aliphatic carbocycles. The van der Waals surface area contributed by atoms with E-state index >= 15 is 0 Å². The molecule has 3 aliphatic rings. The Hall–Kier alpha value is -2.22. The summed E-state index contributed by atoms with van der Waals surface area (Å²) in [7, 11) is 0. The number of aromatic nitrogens is 1. The first-order valence-electron chi connectivity index (χ1n) is 11.5. The summed E-state index contributed by atoms with van der Waals surface area (Å²) in [6, 6.07) is 15.2. The third-order valence-corrected chi connectivity index (χ3v) is 7.82. The van der Waals surface area contributed by atoms with Crippen molar-refractivity contribution in [2.75, 3.05) is 13.1 Å². The number of nitrogens with zero attached hydrogens (tertiary/aromatic N) is 2. The molecule has 3 saturated heterocycles. The van der Waals surface area contributed by atoms with Crippen molar-refractivity contribution in [3.05, 3.63) is 90.1 Å². The molecule has 0 saturated carbocycles. The molecule has 3 nitrogen and oxygen atoms in total. The lowest BCUT2D eigenvalue weighted by molar-refractivity contribution is -0.984. The van der Waals surface area contributed by atoms with Crippen LogP contribution in [0.25, 0.3) is 10.9 Å².